The zero-order valence-corrected chi connectivity index (χ0v) is 12.7. The van der Waals surface area contributed by atoms with E-state index in [2.05, 4.69) is 0 Å². The van der Waals surface area contributed by atoms with Crippen molar-refractivity contribution in [3.63, 3.8) is 0 Å². The molecule has 0 spiro atoms. The van der Waals surface area contributed by atoms with Crippen LogP contribution in [0.15, 0.2) is 48.5 Å². The van der Waals surface area contributed by atoms with E-state index in [1.165, 1.54) is 0 Å². The zero-order valence-electron chi connectivity index (χ0n) is 12.7. The molecule has 3 rings (SSSR count). The van der Waals surface area contributed by atoms with E-state index in [0.29, 0.717) is 25.0 Å². The van der Waals surface area contributed by atoms with Crippen LogP contribution in [0.2, 0.25) is 0 Å². The van der Waals surface area contributed by atoms with Crippen LogP contribution in [-0.4, -0.2) is 34.7 Å². The van der Waals surface area contributed by atoms with Gasteiger partial charge in [-0.25, -0.2) is 4.79 Å². The van der Waals surface area contributed by atoms with Crippen LogP contribution < -0.4 is 5.46 Å². The van der Waals surface area contributed by atoms with E-state index in [-0.39, 0.29) is 12.7 Å². The standard InChI is InChI=1S/C17H18BNO4/c20-17(23-12-13-4-2-1-3-5-13)19-9-8-14-10-16(18(21)22)7-6-15(14)11-19/h1-7,10,21-22H,8-9,11-12H2. The second kappa shape index (κ2) is 6.85. The Kier molecular flexibility index (Phi) is 4.64. The summed E-state index contributed by atoms with van der Waals surface area (Å²) in [5.74, 6) is 0. The molecule has 1 aliphatic rings. The van der Waals surface area contributed by atoms with E-state index in [1.54, 1.807) is 17.0 Å². The maximum Gasteiger partial charge on any atom is 0.488 e. The van der Waals surface area contributed by atoms with Crippen LogP contribution >= 0.6 is 0 Å². The fourth-order valence-corrected chi connectivity index (χ4v) is 2.70. The van der Waals surface area contributed by atoms with Crippen molar-refractivity contribution in [3.05, 3.63) is 65.2 Å². The van der Waals surface area contributed by atoms with Gasteiger partial charge in [-0.1, -0.05) is 48.5 Å². The maximum atomic E-state index is 12.2. The minimum absolute atomic E-state index is 0.263. The number of carbonyl (C=O) groups excluding carboxylic acids is 1. The van der Waals surface area contributed by atoms with Gasteiger partial charge in [0.05, 0.1) is 0 Å². The van der Waals surface area contributed by atoms with Crippen LogP contribution in [0.25, 0.3) is 0 Å². The number of rotatable bonds is 3. The summed E-state index contributed by atoms with van der Waals surface area (Å²) in [6.07, 6.45) is 0.349. The van der Waals surface area contributed by atoms with Gasteiger partial charge in [0.2, 0.25) is 0 Å². The Labute approximate surface area is 135 Å². The first-order chi connectivity index (χ1) is 11.1. The first-order valence-corrected chi connectivity index (χ1v) is 7.57. The Hall–Kier alpha value is -2.31. The highest BCUT2D eigenvalue weighted by atomic mass is 16.6. The second-order valence-electron chi connectivity index (χ2n) is 5.61. The molecule has 1 aliphatic heterocycles. The van der Waals surface area contributed by atoms with Gasteiger partial charge >= 0.3 is 13.2 Å². The van der Waals surface area contributed by atoms with E-state index in [4.69, 9.17) is 4.74 Å². The summed E-state index contributed by atoms with van der Waals surface area (Å²) in [5.41, 5.74) is 3.49. The molecule has 0 atom stereocenters. The van der Waals surface area contributed by atoms with Crippen molar-refractivity contribution in [2.45, 2.75) is 19.6 Å². The van der Waals surface area contributed by atoms with Crippen molar-refractivity contribution in [2.24, 2.45) is 0 Å². The molecular weight excluding hydrogens is 293 g/mol. The molecule has 5 nitrogen and oxygen atoms in total. The molecule has 0 aliphatic carbocycles. The van der Waals surface area contributed by atoms with E-state index >= 15 is 0 Å². The van der Waals surface area contributed by atoms with Gasteiger partial charge in [-0.15, -0.1) is 0 Å². The number of hydrogen-bond acceptors (Lipinski definition) is 4. The van der Waals surface area contributed by atoms with E-state index in [0.717, 1.165) is 16.7 Å². The molecular formula is C17H18BNO4. The van der Waals surface area contributed by atoms with Crippen molar-refractivity contribution in [1.29, 1.82) is 0 Å². The van der Waals surface area contributed by atoms with Gasteiger partial charge in [0.1, 0.15) is 6.61 Å². The number of fused-ring (bicyclic) bond motifs is 1. The largest absolute Gasteiger partial charge is 0.488 e. The maximum absolute atomic E-state index is 12.2. The summed E-state index contributed by atoms with van der Waals surface area (Å²) in [6.45, 7) is 1.30. The third-order valence-electron chi connectivity index (χ3n) is 4.00. The molecule has 0 bridgehead atoms. The summed E-state index contributed by atoms with van der Waals surface area (Å²) in [6, 6.07) is 14.9. The smallest absolute Gasteiger partial charge is 0.445 e. The van der Waals surface area contributed by atoms with Gasteiger partial charge in [-0.05, 0) is 28.6 Å². The molecule has 0 fully saturated rings. The zero-order chi connectivity index (χ0) is 16.2. The van der Waals surface area contributed by atoms with Crippen LogP contribution in [0.1, 0.15) is 16.7 Å². The monoisotopic (exact) mass is 311 g/mol. The number of nitrogens with zero attached hydrogens (tertiary/aromatic N) is 1. The first-order valence-electron chi connectivity index (χ1n) is 7.57. The Bertz CT molecular complexity index is 690. The van der Waals surface area contributed by atoms with Crippen molar-refractivity contribution in [3.8, 4) is 0 Å². The van der Waals surface area contributed by atoms with Crippen LogP contribution in [-0.2, 0) is 24.3 Å². The Morgan fingerprint density at radius 1 is 1.13 bits per heavy atom. The minimum atomic E-state index is -1.46. The molecule has 0 saturated carbocycles. The van der Waals surface area contributed by atoms with E-state index in [1.807, 2.05) is 36.4 Å². The second-order valence-corrected chi connectivity index (χ2v) is 5.61. The molecule has 0 aromatic heterocycles. The van der Waals surface area contributed by atoms with Gasteiger partial charge in [0.15, 0.2) is 0 Å². The van der Waals surface area contributed by atoms with E-state index in [9.17, 15) is 14.8 Å². The fraction of sp³-hybridized carbons (Fsp3) is 0.235. The Morgan fingerprint density at radius 3 is 2.65 bits per heavy atom. The lowest BCUT2D eigenvalue weighted by molar-refractivity contribution is 0.0918. The predicted molar refractivity (Wildman–Crippen MR) is 87.0 cm³/mol. The lowest BCUT2D eigenvalue weighted by atomic mass is 9.78. The molecule has 1 amide bonds. The Morgan fingerprint density at radius 2 is 1.91 bits per heavy atom. The van der Waals surface area contributed by atoms with Crippen molar-refractivity contribution >= 4 is 18.7 Å². The quantitative estimate of drug-likeness (QED) is 0.832. The third kappa shape index (κ3) is 3.72. The van der Waals surface area contributed by atoms with Crippen LogP contribution in [0.3, 0.4) is 0 Å². The summed E-state index contributed by atoms with van der Waals surface area (Å²) >= 11 is 0. The van der Waals surface area contributed by atoms with Crippen LogP contribution in [0.4, 0.5) is 4.79 Å². The van der Waals surface area contributed by atoms with Gasteiger partial charge < -0.3 is 19.7 Å². The highest BCUT2D eigenvalue weighted by Gasteiger charge is 2.23. The number of carbonyl (C=O) groups is 1. The van der Waals surface area contributed by atoms with Gasteiger partial charge in [0.25, 0.3) is 0 Å². The SMILES string of the molecule is O=C(OCc1ccccc1)N1CCc2cc(B(O)O)ccc2C1. The summed E-state index contributed by atoms with van der Waals surface area (Å²) < 4.78 is 5.35. The van der Waals surface area contributed by atoms with Crippen molar-refractivity contribution in [2.75, 3.05) is 6.54 Å². The predicted octanol–water partition coefficient (Wildman–Crippen LogP) is 1.06. The molecule has 0 radical (unpaired) electrons. The highest BCUT2D eigenvalue weighted by Crippen LogP contribution is 2.19. The minimum Gasteiger partial charge on any atom is -0.445 e. The normalized spacial score (nSPS) is 13.4. The summed E-state index contributed by atoms with van der Waals surface area (Å²) in [5, 5.41) is 18.4. The molecule has 6 heteroatoms. The topological polar surface area (TPSA) is 70.0 Å². The summed E-state index contributed by atoms with van der Waals surface area (Å²) in [7, 11) is -1.46. The number of amides is 1. The molecule has 23 heavy (non-hydrogen) atoms. The van der Waals surface area contributed by atoms with Gasteiger partial charge in [-0.2, -0.15) is 0 Å². The lowest BCUT2D eigenvalue weighted by Gasteiger charge is -2.28. The number of ether oxygens (including phenoxy) is 1. The van der Waals surface area contributed by atoms with Crippen molar-refractivity contribution in [1.82, 2.24) is 4.90 Å². The van der Waals surface area contributed by atoms with Crippen LogP contribution in [0, 0.1) is 0 Å². The first kappa shape index (κ1) is 15.6. The average Bonchev–Trinajstić information content (AvgIpc) is 2.59. The number of benzene rings is 2. The third-order valence-corrected chi connectivity index (χ3v) is 4.00. The molecule has 0 saturated heterocycles. The van der Waals surface area contributed by atoms with Crippen LogP contribution in [0.5, 0.6) is 0 Å². The van der Waals surface area contributed by atoms with Gasteiger partial charge in [-0.3, -0.25) is 0 Å². The molecule has 2 N–H and O–H groups in total. The van der Waals surface area contributed by atoms with Crippen molar-refractivity contribution < 1.29 is 19.6 Å². The number of hydrogen-bond donors (Lipinski definition) is 2. The molecule has 2 aromatic rings. The Balaban J connectivity index is 1.61. The fourth-order valence-electron chi connectivity index (χ4n) is 2.70. The molecule has 0 unspecified atom stereocenters. The van der Waals surface area contributed by atoms with Gasteiger partial charge in [0, 0.05) is 13.1 Å². The highest BCUT2D eigenvalue weighted by molar-refractivity contribution is 6.58. The lowest BCUT2D eigenvalue weighted by Crippen LogP contribution is -2.38. The molecule has 1 heterocycles. The molecule has 2 aromatic carbocycles. The summed E-state index contributed by atoms with van der Waals surface area (Å²) in [4.78, 5) is 13.8. The molecule has 118 valence electrons. The van der Waals surface area contributed by atoms with E-state index < -0.39 is 7.12 Å². The average molecular weight is 311 g/mol.